The third-order valence-corrected chi connectivity index (χ3v) is 3.39. The number of ether oxygens (including phenoxy) is 3. The zero-order valence-electron chi connectivity index (χ0n) is 11.1. The minimum absolute atomic E-state index is 0.237. The number of aromatic nitrogens is 1. The second-order valence-electron chi connectivity index (χ2n) is 3.61. The molecular formula is C12H17IN2O4. The van der Waals surface area contributed by atoms with Crippen molar-refractivity contribution in [2.24, 2.45) is 0 Å². The Morgan fingerprint density at radius 3 is 2.74 bits per heavy atom. The van der Waals surface area contributed by atoms with Crippen LogP contribution in [0.2, 0.25) is 0 Å². The molecule has 0 saturated heterocycles. The van der Waals surface area contributed by atoms with E-state index in [0.717, 1.165) is 5.69 Å². The highest BCUT2D eigenvalue weighted by atomic mass is 127. The van der Waals surface area contributed by atoms with E-state index in [4.69, 9.17) is 9.47 Å². The number of nitrogens with one attached hydrogen (secondary N) is 1. The normalized spacial score (nSPS) is 11.8. The van der Waals surface area contributed by atoms with Gasteiger partial charge in [-0.3, -0.25) is 9.78 Å². The number of esters is 1. The van der Waals surface area contributed by atoms with Gasteiger partial charge in [0.05, 0.1) is 27.0 Å². The quantitative estimate of drug-likeness (QED) is 0.435. The maximum absolute atomic E-state index is 11.2. The van der Waals surface area contributed by atoms with Crippen molar-refractivity contribution in [3.8, 4) is 11.5 Å². The molecule has 0 bridgehead atoms. The number of hydrogen-bond acceptors (Lipinski definition) is 6. The van der Waals surface area contributed by atoms with Crippen molar-refractivity contribution >= 4 is 28.6 Å². The van der Waals surface area contributed by atoms with Gasteiger partial charge in [-0.05, 0) is 0 Å². The molecule has 0 aliphatic rings. The molecule has 1 heterocycles. The van der Waals surface area contributed by atoms with E-state index in [9.17, 15) is 4.79 Å². The van der Waals surface area contributed by atoms with Gasteiger partial charge in [0.2, 0.25) is 0 Å². The van der Waals surface area contributed by atoms with Gasteiger partial charge in [0.15, 0.2) is 11.5 Å². The molecule has 19 heavy (non-hydrogen) atoms. The van der Waals surface area contributed by atoms with Crippen molar-refractivity contribution in [3.63, 3.8) is 0 Å². The lowest BCUT2D eigenvalue weighted by Crippen LogP contribution is -2.29. The highest BCUT2D eigenvalue weighted by molar-refractivity contribution is 14.1. The monoisotopic (exact) mass is 380 g/mol. The summed E-state index contributed by atoms with van der Waals surface area (Å²) in [5.41, 5.74) is 0.732. The van der Waals surface area contributed by atoms with Crippen LogP contribution in [0, 0.1) is 0 Å². The Bertz CT molecular complexity index is 428. The smallest absolute Gasteiger partial charge is 0.319 e. The third-order valence-electron chi connectivity index (χ3n) is 2.44. The number of hydrogen-bond donors (Lipinski definition) is 1. The van der Waals surface area contributed by atoms with Gasteiger partial charge in [0.25, 0.3) is 0 Å². The number of halogens is 1. The molecule has 1 aromatic rings. The maximum atomic E-state index is 11.2. The van der Waals surface area contributed by atoms with Gasteiger partial charge in [-0.1, -0.05) is 22.6 Å². The predicted octanol–water partition coefficient (Wildman–Crippen LogP) is 1.16. The van der Waals surface area contributed by atoms with Crippen LogP contribution in [0.1, 0.15) is 5.69 Å². The first-order valence-corrected chi connectivity index (χ1v) is 6.87. The average molecular weight is 380 g/mol. The summed E-state index contributed by atoms with van der Waals surface area (Å²) in [6, 6.07) is 1.73. The van der Waals surface area contributed by atoms with E-state index < -0.39 is 0 Å². The minimum atomic E-state index is -0.251. The molecule has 0 aliphatic heterocycles. The standard InChI is InChI=1S/C12H17IN2O4/c1-17-10-4-5-15-9(11(10)18-2)7-14-6-8(13)12(16)19-3/h4-5,8,14H,6-7H2,1-3H3. The molecule has 0 saturated carbocycles. The molecule has 1 aromatic heterocycles. The zero-order valence-corrected chi connectivity index (χ0v) is 13.3. The van der Waals surface area contributed by atoms with Gasteiger partial charge in [0.1, 0.15) is 3.92 Å². The average Bonchev–Trinajstić information content (AvgIpc) is 2.45. The summed E-state index contributed by atoms with van der Waals surface area (Å²) >= 11 is 2.03. The van der Waals surface area contributed by atoms with E-state index >= 15 is 0 Å². The fraction of sp³-hybridized carbons (Fsp3) is 0.500. The van der Waals surface area contributed by atoms with E-state index in [1.165, 1.54) is 7.11 Å². The van der Waals surface area contributed by atoms with Crippen molar-refractivity contribution in [1.82, 2.24) is 10.3 Å². The summed E-state index contributed by atoms with van der Waals surface area (Å²) in [7, 11) is 4.52. The number of pyridine rings is 1. The topological polar surface area (TPSA) is 69.7 Å². The van der Waals surface area contributed by atoms with E-state index in [1.54, 1.807) is 26.5 Å². The third kappa shape index (κ3) is 4.50. The molecule has 1 atom stereocenters. The molecule has 0 amide bonds. The molecule has 0 fully saturated rings. The molecule has 0 aliphatic carbocycles. The summed E-state index contributed by atoms with van der Waals surface area (Å²) in [5, 5.41) is 3.14. The molecule has 1 rings (SSSR count). The predicted molar refractivity (Wildman–Crippen MR) is 78.9 cm³/mol. The van der Waals surface area contributed by atoms with Gasteiger partial charge >= 0.3 is 5.97 Å². The fourth-order valence-corrected chi connectivity index (χ4v) is 2.07. The number of methoxy groups -OCH3 is 3. The Morgan fingerprint density at radius 2 is 2.16 bits per heavy atom. The van der Waals surface area contributed by atoms with Crippen molar-refractivity contribution in [3.05, 3.63) is 18.0 Å². The summed E-state index contributed by atoms with van der Waals surface area (Å²) in [6.07, 6.45) is 1.65. The van der Waals surface area contributed by atoms with Crippen LogP contribution in [0.25, 0.3) is 0 Å². The molecule has 6 nitrogen and oxygen atoms in total. The second kappa shape index (κ2) is 8.16. The van der Waals surface area contributed by atoms with Crippen LogP contribution in [0.3, 0.4) is 0 Å². The first-order chi connectivity index (χ1) is 9.13. The number of rotatable bonds is 7. The Hall–Kier alpha value is -1.09. The summed E-state index contributed by atoms with van der Waals surface area (Å²) in [6.45, 7) is 0.978. The summed E-state index contributed by atoms with van der Waals surface area (Å²) in [5.74, 6) is 0.979. The van der Waals surface area contributed by atoms with Crippen molar-refractivity contribution < 1.29 is 19.0 Å². The lowest BCUT2D eigenvalue weighted by atomic mass is 10.3. The number of alkyl halides is 1. The molecule has 1 N–H and O–H groups in total. The highest BCUT2D eigenvalue weighted by Crippen LogP contribution is 2.28. The molecule has 0 radical (unpaired) electrons. The molecule has 106 valence electrons. The lowest BCUT2D eigenvalue weighted by Gasteiger charge is -2.13. The van der Waals surface area contributed by atoms with Gasteiger partial charge in [-0.15, -0.1) is 0 Å². The first kappa shape index (κ1) is 16.0. The molecule has 7 heteroatoms. The van der Waals surface area contributed by atoms with Gasteiger partial charge in [-0.2, -0.15) is 0 Å². The summed E-state index contributed by atoms with van der Waals surface area (Å²) in [4.78, 5) is 15.5. The van der Waals surface area contributed by atoms with E-state index in [-0.39, 0.29) is 9.89 Å². The number of carbonyl (C=O) groups is 1. The molecule has 0 spiro atoms. The molecule has 0 aromatic carbocycles. The van der Waals surface area contributed by atoms with Crippen molar-refractivity contribution in [2.45, 2.75) is 10.5 Å². The second-order valence-corrected chi connectivity index (χ2v) is 5.12. The van der Waals surface area contributed by atoms with Gasteiger partial charge in [0, 0.05) is 25.4 Å². The number of carbonyl (C=O) groups excluding carboxylic acids is 1. The minimum Gasteiger partial charge on any atom is -0.493 e. The van der Waals surface area contributed by atoms with Crippen molar-refractivity contribution in [1.29, 1.82) is 0 Å². The Kier molecular flexibility index (Phi) is 6.85. The highest BCUT2D eigenvalue weighted by Gasteiger charge is 2.15. The van der Waals surface area contributed by atoms with Crippen molar-refractivity contribution in [2.75, 3.05) is 27.9 Å². The van der Waals surface area contributed by atoms with Gasteiger partial charge in [-0.25, -0.2) is 0 Å². The Labute approximate surface area is 126 Å². The SMILES string of the molecule is COC(=O)C(I)CNCc1nccc(OC)c1OC. The van der Waals surface area contributed by atoms with Crippen LogP contribution in [-0.2, 0) is 16.1 Å². The number of nitrogens with zero attached hydrogens (tertiary/aromatic N) is 1. The summed E-state index contributed by atoms with van der Waals surface area (Å²) < 4.78 is 14.9. The molecular weight excluding hydrogens is 363 g/mol. The van der Waals surface area contributed by atoms with E-state index in [1.807, 2.05) is 22.6 Å². The fourth-order valence-electron chi connectivity index (χ4n) is 1.51. The first-order valence-electron chi connectivity index (χ1n) is 5.62. The lowest BCUT2D eigenvalue weighted by molar-refractivity contribution is -0.139. The van der Waals surface area contributed by atoms with Crippen LogP contribution in [0.15, 0.2) is 12.3 Å². The van der Waals surface area contributed by atoms with Crippen LogP contribution >= 0.6 is 22.6 Å². The molecule has 1 unspecified atom stereocenters. The van der Waals surface area contributed by atoms with E-state index in [0.29, 0.717) is 24.6 Å². The Balaban J connectivity index is 2.60. The van der Waals surface area contributed by atoms with Crippen LogP contribution in [0.5, 0.6) is 11.5 Å². The van der Waals surface area contributed by atoms with Crippen LogP contribution in [-0.4, -0.2) is 42.8 Å². The van der Waals surface area contributed by atoms with Gasteiger partial charge < -0.3 is 19.5 Å². The Morgan fingerprint density at radius 1 is 1.42 bits per heavy atom. The zero-order chi connectivity index (χ0) is 14.3. The van der Waals surface area contributed by atoms with Crippen LogP contribution in [0.4, 0.5) is 0 Å². The van der Waals surface area contributed by atoms with E-state index in [2.05, 4.69) is 15.0 Å². The largest absolute Gasteiger partial charge is 0.493 e. The maximum Gasteiger partial charge on any atom is 0.319 e. The van der Waals surface area contributed by atoms with Crippen LogP contribution < -0.4 is 14.8 Å².